The molecule has 0 aliphatic rings. The molecule has 0 saturated heterocycles. The summed E-state index contributed by atoms with van der Waals surface area (Å²) >= 11 is 3.18. The SMILES string of the molecule is Cc1cc(N)cc(C(=O)Nc2cc(F)ccc2Br)c1F. The van der Waals surface area contributed by atoms with E-state index in [-0.39, 0.29) is 22.5 Å². The fourth-order valence-corrected chi connectivity index (χ4v) is 2.09. The minimum Gasteiger partial charge on any atom is -0.399 e. The molecule has 104 valence electrons. The van der Waals surface area contributed by atoms with Gasteiger partial charge in [-0.2, -0.15) is 0 Å². The van der Waals surface area contributed by atoms with Gasteiger partial charge in [-0.15, -0.1) is 0 Å². The maximum Gasteiger partial charge on any atom is 0.258 e. The zero-order valence-corrected chi connectivity index (χ0v) is 12.1. The molecule has 2 aromatic rings. The molecule has 2 aromatic carbocycles. The summed E-state index contributed by atoms with van der Waals surface area (Å²) in [6.07, 6.45) is 0. The van der Waals surface area contributed by atoms with Crippen molar-refractivity contribution in [2.75, 3.05) is 11.1 Å². The highest BCUT2D eigenvalue weighted by molar-refractivity contribution is 9.10. The molecule has 3 nitrogen and oxygen atoms in total. The van der Waals surface area contributed by atoms with Crippen molar-refractivity contribution in [2.24, 2.45) is 0 Å². The number of nitrogens with two attached hydrogens (primary N) is 1. The lowest BCUT2D eigenvalue weighted by Gasteiger charge is -2.10. The van der Waals surface area contributed by atoms with Gasteiger partial charge >= 0.3 is 0 Å². The Morgan fingerprint density at radius 3 is 2.65 bits per heavy atom. The quantitative estimate of drug-likeness (QED) is 0.815. The molecule has 2 rings (SSSR count). The van der Waals surface area contributed by atoms with Crippen LogP contribution in [0, 0.1) is 18.6 Å². The van der Waals surface area contributed by atoms with E-state index in [0.717, 1.165) is 6.07 Å². The van der Waals surface area contributed by atoms with Gasteiger partial charge < -0.3 is 11.1 Å². The van der Waals surface area contributed by atoms with Crippen molar-refractivity contribution in [3.8, 4) is 0 Å². The van der Waals surface area contributed by atoms with Gasteiger partial charge in [0.25, 0.3) is 5.91 Å². The van der Waals surface area contributed by atoms with Crippen LogP contribution >= 0.6 is 15.9 Å². The highest BCUT2D eigenvalue weighted by Crippen LogP contribution is 2.25. The Hall–Kier alpha value is -1.95. The minimum atomic E-state index is -0.691. The van der Waals surface area contributed by atoms with Gasteiger partial charge in [-0.3, -0.25) is 4.79 Å². The van der Waals surface area contributed by atoms with E-state index in [1.807, 2.05) is 0 Å². The predicted octanol–water partition coefficient (Wildman–Crippen LogP) is 3.87. The third kappa shape index (κ3) is 2.96. The lowest BCUT2D eigenvalue weighted by molar-refractivity contribution is 0.102. The second-order valence-electron chi connectivity index (χ2n) is 4.28. The zero-order valence-electron chi connectivity index (χ0n) is 10.5. The Bertz CT molecular complexity index is 689. The van der Waals surface area contributed by atoms with Gasteiger partial charge in [0.1, 0.15) is 11.6 Å². The standard InChI is InChI=1S/C14H11BrF2N2O/c1-7-4-9(18)6-10(13(7)17)14(20)19-12-5-8(16)2-3-11(12)15/h2-6H,18H2,1H3,(H,19,20). The molecule has 6 heteroatoms. The summed E-state index contributed by atoms with van der Waals surface area (Å²) in [5.41, 5.74) is 6.19. The number of hydrogen-bond acceptors (Lipinski definition) is 2. The van der Waals surface area contributed by atoms with Crippen LogP contribution in [0.1, 0.15) is 15.9 Å². The number of rotatable bonds is 2. The van der Waals surface area contributed by atoms with E-state index in [1.54, 1.807) is 0 Å². The van der Waals surface area contributed by atoms with Gasteiger partial charge in [-0.1, -0.05) is 0 Å². The molecule has 0 radical (unpaired) electrons. The molecule has 0 aliphatic heterocycles. The normalized spacial score (nSPS) is 10.4. The molecule has 3 N–H and O–H groups in total. The molecule has 0 aliphatic carbocycles. The van der Waals surface area contributed by atoms with Crippen molar-refractivity contribution in [3.05, 3.63) is 57.6 Å². The maximum atomic E-state index is 13.9. The summed E-state index contributed by atoms with van der Waals surface area (Å²) < 4.78 is 27.5. The number of benzene rings is 2. The molecular weight excluding hydrogens is 330 g/mol. The first-order chi connectivity index (χ1) is 9.38. The molecule has 0 fully saturated rings. The van der Waals surface area contributed by atoms with E-state index in [4.69, 9.17) is 5.73 Å². The van der Waals surface area contributed by atoms with Crippen LogP contribution in [0.15, 0.2) is 34.8 Å². The molecule has 0 spiro atoms. The van der Waals surface area contributed by atoms with Crippen LogP contribution in [0.4, 0.5) is 20.2 Å². The molecule has 1 amide bonds. The number of halogens is 3. The van der Waals surface area contributed by atoms with Crippen LogP contribution in [-0.4, -0.2) is 5.91 Å². The fourth-order valence-electron chi connectivity index (χ4n) is 1.75. The lowest BCUT2D eigenvalue weighted by atomic mass is 10.1. The Balaban J connectivity index is 2.35. The van der Waals surface area contributed by atoms with Crippen molar-refractivity contribution in [1.29, 1.82) is 0 Å². The molecule has 20 heavy (non-hydrogen) atoms. The Morgan fingerprint density at radius 1 is 1.25 bits per heavy atom. The van der Waals surface area contributed by atoms with E-state index in [0.29, 0.717) is 4.47 Å². The van der Waals surface area contributed by atoms with E-state index >= 15 is 0 Å². The van der Waals surface area contributed by atoms with Crippen molar-refractivity contribution in [1.82, 2.24) is 0 Å². The number of nitrogens with one attached hydrogen (secondary N) is 1. The third-order valence-corrected chi connectivity index (χ3v) is 3.39. The lowest BCUT2D eigenvalue weighted by Crippen LogP contribution is -2.15. The van der Waals surface area contributed by atoms with Crippen LogP contribution in [-0.2, 0) is 0 Å². The largest absolute Gasteiger partial charge is 0.399 e. The Kier molecular flexibility index (Phi) is 4.04. The van der Waals surface area contributed by atoms with Crippen LogP contribution < -0.4 is 11.1 Å². The fraction of sp³-hybridized carbons (Fsp3) is 0.0714. The molecule has 0 saturated carbocycles. The van der Waals surface area contributed by atoms with Crippen LogP contribution in [0.3, 0.4) is 0 Å². The smallest absolute Gasteiger partial charge is 0.258 e. The summed E-state index contributed by atoms with van der Waals surface area (Å²) in [5.74, 6) is -1.85. The Labute approximate surface area is 122 Å². The van der Waals surface area contributed by atoms with Crippen LogP contribution in [0.2, 0.25) is 0 Å². The second kappa shape index (κ2) is 5.58. The van der Waals surface area contributed by atoms with Gasteiger partial charge in [0, 0.05) is 10.2 Å². The first kappa shape index (κ1) is 14.5. The average molecular weight is 341 g/mol. The number of carbonyl (C=O) groups excluding carboxylic acids is 1. The molecule has 0 atom stereocenters. The van der Waals surface area contributed by atoms with Gasteiger partial charge in [-0.05, 0) is 58.7 Å². The molecule has 0 heterocycles. The Morgan fingerprint density at radius 2 is 1.95 bits per heavy atom. The first-order valence-electron chi connectivity index (χ1n) is 5.70. The predicted molar refractivity (Wildman–Crippen MR) is 77.6 cm³/mol. The van der Waals surface area contributed by atoms with Crippen LogP contribution in [0.5, 0.6) is 0 Å². The average Bonchev–Trinajstić information content (AvgIpc) is 2.38. The van der Waals surface area contributed by atoms with E-state index < -0.39 is 17.5 Å². The number of carbonyl (C=O) groups is 1. The summed E-state index contributed by atoms with van der Waals surface area (Å²) in [6.45, 7) is 1.51. The molecular formula is C14H11BrF2N2O. The topological polar surface area (TPSA) is 55.1 Å². The highest BCUT2D eigenvalue weighted by Gasteiger charge is 2.16. The zero-order chi connectivity index (χ0) is 14.9. The second-order valence-corrected chi connectivity index (χ2v) is 5.13. The minimum absolute atomic E-state index is 0.182. The van der Waals surface area contributed by atoms with Gasteiger partial charge in [-0.25, -0.2) is 8.78 Å². The summed E-state index contributed by atoms with van der Waals surface area (Å²) in [4.78, 5) is 12.1. The van der Waals surface area contributed by atoms with Crippen molar-refractivity contribution >= 4 is 33.2 Å². The first-order valence-corrected chi connectivity index (χ1v) is 6.50. The van der Waals surface area contributed by atoms with Crippen molar-refractivity contribution in [2.45, 2.75) is 6.92 Å². The number of anilines is 2. The van der Waals surface area contributed by atoms with Gasteiger partial charge in [0.2, 0.25) is 0 Å². The number of amides is 1. The number of hydrogen-bond donors (Lipinski definition) is 2. The van der Waals surface area contributed by atoms with Gasteiger partial charge in [0.15, 0.2) is 0 Å². The van der Waals surface area contributed by atoms with Crippen molar-refractivity contribution < 1.29 is 13.6 Å². The molecule has 0 aromatic heterocycles. The summed E-state index contributed by atoms with van der Waals surface area (Å²) in [6, 6.07) is 6.50. The van der Waals surface area contributed by atoms with E-state index in [2.05, 4.69) is 21.2 Å². The summed E-state index contributed by atoms with van der Waals surface area (Å²) in [5, 5.41) is 2.44. The highest BCUT2D eigenvalue weighted by atomic mass is 79.9. The van der Waals surface area contributed by atoms with Gasteiger partial charge in [0.05, 0.1) is 11.3 Å². The molecule has 0 bridgehead atoms. The molecule has 0 unspecified atom stereocenters. The number of nitrogen functional groups attached to an aromatic ring is 1. The van der Waals surface area contributed by atoms with Crippen molar-refractivity contribution in [3.63, 3.8) is 0 Å². The number of aryl methyl sites for hydroxylation is 1. The van der Waals surface area contributed by atoms with E-state index in [9.17, 15) is 13.6 Å². The maximum absolute atomic E-state index is 13.9. The summed E-state index contributed by atoms with van der Waals surface area (Å²) in [7, 11) is 0. The van der Waals surface area contributed by atoms with E-state index in [1.165, 1.54) is 31.2 Å². The van der Waals surface area contributed by atoms with Crippen LogP contribution in [0.25, 0.3) is 0 Å². The monoisotopic (exact) mass is 340 g/mol. The third-order valence-electron chi connectivity index (χ3n) is 2.70.